The number of halogens is 2. The summed E-state index contributed by atoms with van der Waals surface area (Å²) >= 11 is 0. The number of fused-ring (bicyclic) bond motifs is 2. The normalized spacial score (nSPS) is 35.5. The highest BCUT2D eigenvalue weighted by Crippen LogP contribution is 2.40. The topological polar surface area (TPSA) is 32.3 Å². The molecule has 2 aliphatic rings. The summed E-state index contributed by atoms with van der Waals surface area (Å²) in [5, 5.41) is 14.2. The maximum atomic E-state index is 13.8. The second-order valence-electron chi connectivity index (χ2n) is 5.56. The molecule has 0 aliphatic carbocycles. The van der Waals surface area contributed by atoms with Crippen molar-refractivity contribution in [1.29, 1.82) is 0 Å². The maximum absolute atomic E-state index is 13.8. The van der Waals surface area contributed by atoms with E-state index in [1.54, 1.807) is 0 Å². The van der Waals surface area contributed by atoms with Crippen molar-refractivity contribution < 1.29 is 13.9 Å². The number of nitrogens with one attached hydrogen (secondary N) is 1. The van der Waals surface area contributed by atoms with Crippen molar-refractivity contribution in [3.05, 3.63) is 35.4 Å². The number of hydrogen-bond acceptors (Lipinski definition) is 2. The number of rotatable bonds is 1. The molecule has 4 heteroatoms. The van der Waals surface area contributed by atoms with Gasteiger partial charge in [0.1, 0.15) is 11.6 Å². The van der Waals surface area contributed by atoms with Crippen LogP contribution < -0.4 is 5.32 Å². The Balaban J connectivity index is 1.94. The minimum absolute atomic E-state index is 0.238. The lowest BCUT2D eigenvalue weighted by Gasteiger charge is -2.45. The largest absolute Gasteiger partial charge is 0.385 e. The minimum Gasteiger partial charge on any atom is -0.385 e. The standard InChI is InChI=1S/C14H17F2NO/c15-9-4-5-12(13(16)6-9)14(18)7-10-2-1-3-11(8-14)17-10/h4-6,10-11,17-18H,1-3,7-8H2. The van der Waals surface area contributed by atoms with E-state index < -0.39 is 17.2 Å². The van der Waals surface area contributed by atoms with Crippen LogP contribution in [-0.2, 0) is 5.60 Å². The molecule has 0 aromatic heterocycles. The summed E-state index contributed by atoms with van der Waals surface area (Å²) in [5.41, 5.74) is -0.916. The van der Waals surface area contributed by atoms with Crippen LogP contribution in [0, 0.1) is 11.6 Å². The van der Waals surface area contributed by atoms with E-state index in [2.05, 4.69) is 5.32 Å². The van der Waals surface area contributed by atoms with Gasteiger partial charge in [-0.2, -0.15) is 0 Å². The number of aliphatic hydroxyl groups is 1. The van der Waals surface area contributed by atoms with Gasteiger partial charge in [0.2, 0.25) is 0 Å². The molecule has 2 N–H and O–H groups in total. The van der Waals surface area contributed by atoms with Gasteiger partial charge in [-0.1, -0.05) is 12.5 Å². The second-order valence-corrected chi connectivity index (χ2v) is 5.56. The Labute approximate surface area is 105 Å². The van der Waals surface area contributed by atoms with Crippen molar-refractivity contribution in [3.8, 4) is 0 Å². The lowest BCUT2D eigenvalue weighted by molar-refractivity contribution is -0.0384. The quantitative estimate of drug-likeness (QED) is 0.805. The molecule has 2 heterocycles. The maximum Gasteiger partial charge on any atom is 0.132 e. The molecule has 18 heavy (non-hydrogen) atoms. The van der Waals surface area contributed by atoms with Crippen LogP contribution in [0.25, 0.3) is 0 Å². The first-order chi connectivity index (χ1) is 8.57. The molecule has 1 aromatic rings. The van der Waals surface area contributed by atoms with Crippen molar-refractivity contribution >= 4 is 0 Å². The van der Waals surface area contributed by atoms with Crippen LogP contribution in [0.2, 0.25) is 0 Å². The average molecular weight is 253 g/mol. The van der Waals surface area contributed by atoms with Gasteiger partial charge >= 0.3 is 0 Å². The molecule has 2 atom stereocenters. The first kappa shape index (κ1) is 12.1. The summed E-state index contributed by atoms with van der Waals surface area (Å²) in [6.45, 7) is 0. The van der Waals surface area contributed by atoms with Crippen LogP contribution in [0.15, 0.2) is 18.2 Å². The summed E-state index contributed by atoms with van der Waals surface area (Å²) in [5.74, 6) is -1.24. The van der Waals surface area contributed by atoms with Crippen LogP contribution in [0.1, 0.15) is 37.7 Å². The van der Waals surface area contributed by atoms with Gasteiger partial charge in [0.15, 0.2) is 0 Å². The van der Waals surface area contributed by atoms with Gasteiger partial charge < -0.3 is 10.4 Å². The van der Waals surface area contributed by atoms with Crippen molar-refractivity contribution in [3.63, 3.8) is 0 Å². The molecular weight excluding hydrogens is 236 g/mol. The summed E-state index contributed by atoms with van der Waals surface area (Å²) in [4.78, 5) is 0. The zero-order valence-electron chi connectivity index (χ0n) is 10.1. The summed E-state index contributed by atoms with van der Waals surface area (Å²) in [6.07, 6.45) is 4.20. The van der Waals surface area contributed by atoms with Gasteiger partial charge in [0.25, 0.3) is 0 Å². The lowest BCUT2D eigenvalue weighted by Crippen LogP contribution is -2.54. The molecular formula is C14H17F2NO. The third-order valence-corrected chi connectivity index (χ3v) is 4.18. The van der Waals surface area contributed by atoms with Crippen LogP contribution >= 0.6 is 0 Å². The van der Waals surface area contributed by atoms with E-state index in [9.17, 15) is 13.9 Å². The third-order valence-electron chi connectivity index (χ3n) is 4.18. The molecule has 0 amide bonds. The highest BCUT2D eigenvalue weighted by molar-refractivity contribution is 5.27. The molecule has 2 unspecified atom stereocenters. The molecule has 0 saturated carbocycles. The molecule has 2 nitrogen and oxygen atoms in total. The van der Waals surface area contributed by atoms with Crippen LogP contribution in [0.4, 0.5) is 8.78 Å². The fraction of sp³-hybridized carbons (Fsp3) is 0.571. The molecule has 0 radical (unpaired) electrons. The van der Waals surface area contributed by atoms with Crippen molar-refractivity contribution in [1.82, 2.24) is 5.32 Å². The van der Waals surface area contributed by atoms with Crippen LogP contribution in [0.3, 0.4) is 0 Å². The van der Waals surface area contributed by atoms with E-state index in [0.29, 0.717) is 12.8 Å². The van der Waals surface area contributed by atoms with Gasteiger partial charge in [-0.15, -0.1) is 0 Å². The Morgan fingerprint density at radius 2 is 1.83 bits per heavy atom. The number of benzene rings is 1. The Hall–Kier alpha value is -1.00. The molecule has 2 fully saturated rings. The highest BCUT2D eigenvalue weighted by atomic mass is 19.1. The monoisotopic (exact) mass is 253 g/mol. The Bertz CT molecular complexity index is 451. The second kappa shape index (κ2) is 4.28. The summed E-state index contributed by atoms with van der Waals surface area (Å²) in [6, 6.07) is 3.93. The fourth-order valence-electron chi connectivity index (χ4n) is 3.42. The van der Waals surface area contributed by atoms with Gasteiger partial charge in [-0.25, -0.2) is 8.78 Å². The van der Waals surface area contributed by atoms with E-state index in [-0.39, 0.29) is 17.6 Å². The molecule has 2 aliphatic heterocycles. The molecule has 3 rings (SSSR count). The zero-order valence-corrected chi connectivity index (χ0v) is 10.1. The van der Waals surface area contributed by atoms with Gasteiger partial charge in [0, 0.05) is 23.7 Å². The Kier molecular flexibility index (Phi) is 2.87. The van der Waals surface area contributed by atoms with E-state index in [0.717, 1.165) is 25.3 Å². The molecule has 1 aromatic carbocycles. The zero-order chi connectivity index (χ0) is 12.8. The van der Waals surface area contributed by atoms with E-state index in [1.807, 2.05) is 0 Å². The molecule has 2 bridgehead atoms. The molecule has 98 valence electrons. The van der Waals surface area contributed by atoms with Crippen molar-refractivity contribution in [2.45, 2.75) is 49.8 Å². The van der Waals surface area contributed by atoms with E-state index in [1.165, 1.54) is 12.1 Å². The van der Waals surface area contributed by atoms with Gasteiger partial charge in [-0.05, 0) is 31.7 Å². The fourth-order valence-corrected chi connectivity index (χ4v) is 3.42. The summed E-state index contributed by atoms with van der Waals surface area (Å²) < 4.78 is 26.8. The summed E-state index contributed by atoms with van der Waals surface area (Å²) in [7, 11) is 0. The Morgan fingerprint density at radius 3 is 2.44 bits per heavy atom. The van der Waals surface area contributed by atoms with Crippen molar-refractivity contribution in [2.75, 3.05) is 0 Å². The molecule has 0 spiro atoms. The van der Waals surface area contributed by atoms with Crippen LogP contribution in [0.5, 0.6) is 0 Å². The molecule has 2 saturated heterocycles. The van der Waals surface area contributed by atoms with E-state index in [4.69, 9.17) is 0 Å². The van der Waals surface area contributed by atoms with Crippen molar-refractivity contribution in [2.24, 2.45) is 0 Å². The first-order valence-electron chi connectivity index (χ1n) is 6.51. The minimum atomic E-state index is -1.15. The van der Waals surface area contributed by atoms with Crippen LogP contribution in [-0.4, -0.2) is 17.2 Å². The predicted octanol–water partition coefficient (Wildman–Crippen LogP) is 2.46. The Morgan fingerprint density at radius 1 is 1.17 bits per heavy atom. The predicted molar refractivity (Wildman–Crippen MR) is 64.1 cm³/mol. The van der Waals surface area contributed by atoms with Gasteiger partial charge in [-0.3, -0.25) is 0 Å². The lowest BCUT2D eigenvalue weighted by atomic mass is 9.74. The average Bonchev–Trinajstić information content (AvgIpc) is 2.27. The highest BCUT2D eigenvalue weighted by Gasteiger charge is 2.43. The van der Waals surface area contributed by atoms with Gasteiger partial charge in [0.05, 0.1) is 5.60 Å². The SMILES string of the molecule is OC1(c2ccc(F)cc2F)CC2CCCC(C1)N2. The third kappa shape index (κ3) is 2.04. The first-order valence-corrected chi connectivity index (χ1v) is 6.51. The number of piperidine rings is 2. The smallest absolute Gasteiger partial charge is 0.132 e. The van der Waals surface area contributed by atoms with E-state index >= 15 is 0 Å². The number of hydrogen-bond donors (Lipinski definition) is 2.